The molecule has 0 spiro atoms. The maximum Gasteiger partial charge on any atom is 0.126 e. The molecule has 0 amide bonds. The molecule has 0 aromatic heterocycles. The van der Waals surface area contributed by atoms with Gasteiger partial charge in [-0.2, -0.15) is 0 Å². The van der Waals surface area contributed by atoms with E-state index in [2.05, 4.69) is 0 Å². The number of hydrogen-bond acceptors (Lipinski definition) is 1. The molecule has 1 rings (SSSR count). The highest BCUT2D eigenvalue weighted by Gasteiger charge is 2.19. The Morgan fingerprint density at radius 2 is 1.60 bits per heavy atom. The van der Waals surface area contributed by atoms with Crippen molar-refractivity contribution in [2.45, 2.75) is 33.3 Å². The first-order chi connectivity index (χ1) is 6.78. The van der Waals surface area contributed by atoms with Crippen LogP contribution in [0.2, 0.25) is 0 Å². The summed E-state index contributed by atoms with van der Waals surface area (Å²) < 4.78 is 25.7. The predicted molar refractivity (Wildman–Crippen MR) is 55.4 cm³/mol. The fraction of sp³-hybridized carbons (Fsp3) is 0.500. The summed E-state index contributed by atoms with van der Waals surface area (Å²) in [7, 11) is 0. The van der Waals surface area contributed by atoms with Gasteiger partial charge in [-0.3, -0.25) is 0 Å². The number of halogens is 2. The van der Waals surface area contributed by atoms with Crippen LogP contribution in [0.25, 0.3) is 0 Å². The first-order valence-electron chi connectivity index (χ1n) is 4.92. The van der Waals surface area contributed by atoms with Gasteiger partial charge in [0.05, 0.1) is 6.10 Å². The minimum absolute atomic E-state index is 0.0811. The molecule has 0 radical (unpaired) electrons. The summed E-state index contributed by atoms with van der Waals surface area (Å²) in [6, 6.07) is 3.13. The molecule has 0 fully saturated rings. The molecule has 84 valence electrons. The molecule has 1 unspecified atom stereocenters. The smallest absolute Gasteiger partial charge is 0.126 e. The highest BCUT2D eigenvalue weighted by atomic mass is 19.1. The molecular weight excluding hydrogens is 198 g/mol. The van der Waals surface area contributed by atoms with Gasteiger partial charge in [-0.1, -0.05) is 20.8 Å². The molecule has 1 aromatic rings. The molecular formula is C12H16F2O. The predicted octanol–water partition coefficient (Wildman–Crippen LogP) is 3.43. The van der Waals surface area contributed by atoms with Crippen molar-refractivity contribution in [2.24, 2.45) is 5.41 Å². The average molecular weight is 214 g/mol. The van der Waals surface area contributed by atoms with Crippen LogP contribution in [0.1, 0.15) is 38.9 Å². The Kier molecular flexibility index (Phi) is 3.45. The number of rotatable bonds is 2. The molecule has 3 heteroatoms. The lowest BCUT2D eigenvalue weighted by Crippen LogP contribution is -2.12. The van der Waals surface area contributed by atoms with E-state index in [0.29, 0.717) is 12.0 Å². The second-order valence-electron chi connectivity index (χ2n) is 4.98. The van der Waals surface area contributed by atoms with Crippen LogP contribution in [0.4, 0.5) is 8.78 Å². The largest absolute Gasteiger partial charge is 0.388 e. The third-order valence-corrected chi connectivity index (χ3v) is 2.08. The van der Waals surface area contributed by atoms with Crippen molar-refractivity contribution in [1.82, 2.24) is 0 Å². The van der Waals surface area contributed by atoms with Crippen molar-refractivity contribution >= 4 is 0 Å². The van der Waals surface area contributed by atoms with Crippen LogP contribution in [0.3, 0.4) is 0 Å². The van der Waals surface area contributed by atoms with Gasteiger partial charge in [0.2, 0.25) is 0 Å². The molecule has 1 aromatic carbocycles. The van der Waals surface area contributed by atoms with E-state index in [1.54, 1.807) is 0 Å². The number of aliphatic hydroxyl groups is 1. The van der Waals surface area contributed by atoms with E-state index in [4.69, 9.17) is 0 Å². The van der Waals surface area contributed by atoms with Gasteiger partial charge in [-0.15, -0.1) is 0 Å². The number of hydrogen-bond donors (Lipinski definition) is 1. The van der Waals surface area contributed by atoms with Gasteiger partial charge in [0.1, 0.15) is 11.6 Å². The number of aliphatic hydroxyl groups excluding tert-OH is 1. The topological polar surface area (TPSA) is 20.2 Å². The summed E-state index contributed by atoms with van der Waals surface area (Å²) in [6.45, 7) is 5.89. The highest BCUT2D eigenvalue weighted by Crippen LogP contribution is 2.29. The molecule has 0 bridgehead atoms. The van der Waals surface area contributed by atoms with E-state index < -0.39 is 17.7 Å². The summed E-state index contributed by atoms with van der Waals surface area (Å²) >= 11 is 0. The Morgan fingerprint density at radius 1 is 1.13 bits per heavy atom. The molecule has 1 N–H and O–H groups in total. The van der Waals surface area contributed by atoms with Crippen LogP contribution in [0, 0.1) is 17.0 Å². The Balaban J connectivity index is 2.86. The minimum Gasteiger partial charge on any atom is -0.388 e. The standard InChI is InChI=1S/C12H16F2O/c1-12(2,3)7-11(15)8-4-9(13)6-10(14)5-8/h4-6,11,15H,7H2,1-3H3. The van der Waals surface area contributed by atoms with Crippen molar-refractivity contribution in [1.29, 1.82) is 0 Å². The first kappa shape index (κ1) is 12.1. The van der Waals surface area contributed by atoms with Crippen molar-refractivity contribution in [3.05, 3.63) is 35.4 Å². The van der Waals surface area contributed by atoms with Crippen LogP contribution in [-0.4, -0.2) is 5.11 Å². The quantitative estimate of drug-likeness (QED) is 0.799. The van der Waals surface area contributed by atoms with Crippen LogP contribution < -0.4 is 0 Å². The van der Waals surface area contributed by atoms with Crippen molar-refractivity contribution in [3.8, 4) is 0 Å². The van der Waals surface area contributed by atoms with E-state index >= 15 is 0 Å². The van der Waals surface area contributed by atoms with Gasteiger partial charge >= 0.3 is 0 Å². The third kappa shape index (κ3) is 3.96. The monoisotopic (exact) mass is 214 g/mol. The van der Waals surface area contributed by atoms with Gasteiger partial charge in [0.15, 0.2) is 0 Å². The van der Waals surface area contributed by atoms with Crippen LogP contribution in [-0.2, 0) is 0 Å². The molecule has 0 aliphatic carbocycles. The first-order valence-corrected chi connectivity index (χ1v) is 4.92. The lowest BCUT2D eigenvalue weighted by atomic mass is 9.87. The lowest BCUT2D eigenvalue weighted by molar-refractivity contribution is 0.121. The summed E-state index contributed by atoms with van der Waals surface area (Å²) in [5, 5.41) is 9.77. The molecule has 0 aliphatic rings. The Labute approximate surface area is 88.7 Å². The maximum atomic E-state index is 12.9. The number of benzene rings is 1. The van der Waals surface area contributed by atoms with Gasteiger partial charge < -0.3 is 5.11 Å². The molecule has 0 saturated heterocycles. The van der Waals surface area contributed by atoms with Gasteiger partial charge in [0.25, 0.3) is 0 Å². The van der Waals surface area contributed by atoms with E-state index in [-0.39, 0.29) is 5.41 Å². The molecule has 15 heavy (non-hydrogen) atoms. The van der Waals surface area contributed by atoms with Crippen LogP contribution in [0.5, 0.6) is 0 Å². The molecule has 1 nitrogen and oxygen atoms in total. The maximum absolute atomic E-state index is 12.9. The molecule has 0 aliphatic heterocycles. The second kappa shape index (κ2) is 4.27. The normalized spacial score (nSPS) is 14.0. The van der Waals surface area contributed by atoms with E-state index in [9.17, 15) is 13.9 Å². The Bertz CT molecular complexity index is 322. The van der Waals surface area contributed by atoms with Crippen molar-refractivity contribution in [3.63, 3.8) is 0 Å². The zero-order valence-corrected chi connectivity index (χ0v) is 9.22. The SMILES string of the molecule is CC(C)(C)CC(O)c1cc(F)cc(F)c1. The van der Waals surface area contributed by atoms with Crippen LogP contribution in [0.15, 0.2) is 18.2 Å². The fourth-order valence-electron chi connectivity index (χ4n) is 1.47. The van der Waals surface area contributed by atoms with Gasteiger partial charge in [-0.05, 0) is 29.5 Å². The van der Waals surface area contributed by atoms with Crippen molar-refractivity contribution < 1.29 is 13.9 Å². The average Bonchev–Trinajstić information content (AvgIpc) is 1.98. The van der Waals surface area contributed by atoms with E-state index in [1.807, 2.05) is 20.8 Å². The van der Waals surface area contributed by atoms with E-state index in [1.165, 1.54) is 12.1 Å². The summed E-state index contributed by atoms with van der Waals surface area (Å²) in [6.07, 6.45) is -0.356. The summed E-state index contributed by atoms with van der Waals surface area (Å²) in [4.78, 5) is 0. The van der Waals surface area contributed by atoms with E-state index in [0.717, 1.165) is 6.07 Å². The van der Waals surface area contributed by atoms with Gasteiger partial charge in [0, 0.05) is 6.07 Å². The highest BCUT2D eigenvalue weighted by molar-refractivity contribution is 5.20. The minimum atomic E-state index is -0.824. The zero-order valence-electron chi connectivity index (χ0n) is 9.22. The molecule has 0 heterocycles. The zero-order chi connectivity index (χ0) is 11.6. The van der Waals surface area contributed by atoms with Crippen molar-refractivity contribution in [2.75, 3.05) is 0 Å². The Hall–Kier alpha value is -0.960. The second-order valence-corrected chi connectivity index (χ2v) is 4.98. The van der Waals surface area contributed by atoms with Gasteiger partial charge in [-0.25, -0.2) is 8.78 Å². The summed E-state index contributed by atoms with van der Waals surface area (Å²) in [5.41, 5.74) is 0.213. The Morgan fingerprint density at radius 3 is 2.00 bits per heavy atom. The van der Waals surface area contributed by atoms with Crippen LogP contribution >= 0.6 is 0 Å². The molecule has 1 atom stereocenters. The molecule has 0 saturated carbocycles. The third-order valence-electron chi connectivity index (χ3n) is 2.08. The lowest BCUT2D eigenvalue weighted by Gasteiger charge is -2.22. The fourth-order valence-corrected chi connectivity index (χ4v) is 1.47. The summed E-state index contributed by atoms with van der Waals surface area (Å²) in [5.74, 6) is -1.31.